The lowest BCUT2D eigenvalue weighted by molar-refractivity contribution is -0.0810. The standard InChI is InChI=1S/C28H56O4/c1-5-9-11-13-15-17-19-21-24-30-27(23-7-3)28(32-26-29-8-4)31-25-22-20-18-16-14-12-10-6-2/h5-26H2,1-4H3. The molecule has 0 radical (unpaired) electrons. The highest BCUT2D eigenvalue weighted by Crippen LogP contribution is 2.18. The summed E-state index contributed by atoms with van der Waals surface area (Å²) in [7, 11) is 0. The Bertz CT molecular complexity index is 395. The highest BCUT2D eigenvalue weighted by Gasteiger charge is 2.12. The van der Waals surface area contributed by atoms with Crippen LogP contribution in [-0.2, 0) is 18.9 Å². The molecular formula is C28H56O4. The number of ether oxygens (including phenoxy) is 4. The maximum atomic E-state index is 6.13. The van der Waals surface area contributed by atoms with Crippen LogP contribution in [0.1, 0.15) is 143 Å². The summed E-state index contributed by atoms with van der Waals surface area (Å²) in [4.78, 5) is 0. The molecule has 0 spiro atoms. The minimum absolute atomic E-state index is 0.220. The second kappa shape index (κ2) is 26.4. The van der Waals surface area contributed by atoms with E-state index in [1.165, 1.54) is 89.9 Å². The van der Waals surface area contributed by atoms with Crippen molar-refractivity contribution in [1.82, 2.24) is 0 Å². The Morgan fingerprint density at radius 2 is 0.938 bits per heavy atom. The van der Waals surface area contributed by atoms with Gasteiger partial charge < -0.3 is 18.9 Å². The first kappa shape index (κ1) is 31.1. The summed E-state index contributed by atoms with van der Waals surface area (Å²) in [5, 5.41) is 0. The van der Waals surface area contributed by atoms with E-state index >= 15 is 0 Å². The van der Waals surface area contributed by atoms with E-state index in [9.17, 15) is 0 Å². The highest BCUT2D eigenvalue weighted by atomic mass is 16.7. The maximum absolute atomic E-state index is 6.13. The lowest BCUT2D eigenvalue weighted by Gasteiger charge is -2.17. The monoisotopic (exact) mass is 456 g/mol. The van der Waals surface area contributed by atoms with E-state index in [1.54, 1.807) is 0 Å². The van der Waals surface area contributed by atoms with Crippen LogP contribution in [0.5, 0.6) is 0 Å². The van der Waals surface area contributed by atoms with Crippen molar-refractivity contribution >= 4 is 0 Å². The number of allylic oxidation sites excluding steroid dienone is 1. The van der Waals surface area contributed by atoms with Crippen molar-refractivity contribution in [1.29, 1.82) is 0 Å². The highest BCUT2D eigenvalue weighted by molar-refractivity contribution is 4.95. The zero-order valence-corrected chi connectivity index (χ0v) is 22.2. The molecule has 0 N–H and O–H groups in total. The summed E-state index contributed by atoms with van der Waals surface area (Å²) in [5.74, 6) is 1.40. The van der Waals surface area contributed by atoms with Crippen LogP contribution >= 0.6 is 0 Å². The summed E-state index contributed by atoms with van der Waals surface area (Å²) in [6, 6.07) is 0. The van der Waals surface area contributed by atoms with E-state index < -0.39 is 0 Å². The minimum atomic E-state index is 0.220. The van der Waals surface area contributed by atoms with Gasteiger partial charge in [-0.1, -0.05) is 111 Å². The third kappa shape index (κ3) is 21.0. The van der Waals surface area contributed by atoms with Crippen LogP contribution < -0.4 is 0 Å². The van der Waals surface area contributed by atoms with Crippen LogP contribution in [0.3, 0.4) is 0 Å². The number of hydrogen-bond acceptors (Lipinski definition) is 4. The molecule has 0 saturated carbocycles. The van der Waals surface area contributed by atoms with Crippen LogP contribution in [0.25, 0.3) is 0 Å². The molecule has 4 nitrogen and oxygen atoms in total. The van der Waals surface area contributed by atoms with Crippen LogP contribution in [0.15, 0.2) is 11.7 Å². The summed E-state index contributed by atoms with van der Waals surface area (Å²) in [6.07, 6.45) is 22.6. The fraction of sp³-hybridized carbons (Fsp3) is 0.929. The molecule has 192 valence electrons. The molecule has 0 unspecified atom stereocenters. The molecule has 4 heteroatoms. The van der Waals surface area contributed by atoms with Gasteiger partial charge in [0.15, 0.2) is 12.6 Å². The van der Waals surface area contributed by atoms with Crippen molar-refractivity contribution in [2.45, 2.75) is 143 Å². The zero-order valence-electron chi connectivity index (χ0n) is 22.2. The van der Waals surface area contributed by atoms with Gasteiger partial charge in [-0.3, -0.25) is 0 Å². The molecule has 0 heterocycles. The quantitative estimate of drug-likeness (QED) is 0.0738. The lowest BCUT2D eigenvalue weighted by Crippen LogP contribution is -2.10. The first-order chi connectivity index (χ1) is 15.8. The van der Waals surface area contributed by atoms with Crippen molar-refractivity contribution in [3.63, 3.8) is 0 Å². The van der Waals surface area contributed by atoms with E-state index in [2.05, 4.69) is 20.8 Å². The molecule has 0 fully saturated rings. The van der Waals surface area contributed by atoms with Crippen LogP contribution in [0.4, 0.5) is 0 Å². The Labute approximate surface area is 200 Å². The second-order valence-electron chi connectivity index (χ2n) is 8.86. The molecule has 0 aliphatic rings. The number of rotatable bonds is 26. The molecular weight excluding hydrogens is 400 g/mol. The van der Waals surface area contributed by atoms with Crippen molar-refractivity contribution in [2.75, 3.05) is 26.6 Å². The summed E-state index contributed by atoms with van der Waals surface area (Å²) in [6.45, 7) is 11.0. The molecule has 0 bridgehead atoms. The first-order valence-corrected chi connectivity index (χ1v) is 14.0. The largest absolute Gasteiger partial charge is 0.491 e. The average molecular weight is 457 g/mol. The molecule has 0 aliphatic carbocycles. The van der Waals surface area contributed by atoms with Crippen molar-refractivity contribution in [3.05, 3.63) is 11.7 Å². The molecule has 0 aromatic rings. The summed E-state index contributed by atoms with van der Waals surface area (Å²) >= 11 is 0. The topological polar surface area (TPSA) is 36.9 Å². The summed E-state index contributed by atoms with van der Waals surface area (Å²) < 4.78 is 23.4. The van der Waals surface area contributed by atoms with E-state index in [4.69, 9.17) is 18.9 Å². The first-order valence-electron chi connectivity index (χ1n) is 14.0. The SMILES string of the molecule is CCCCCCCCCCOC(CCC)=C(OCCCCCCCCCC)OCOCC. The van der Waals surface area contributed by atoms with Crippen LogP contribution in [-0.4, -0.2) is 26.6 Å². The fourth-order valence-corrected chi connectivity index (χ4v) is 3.67. The second-order valence-corrected chi connectivity index (χ2v) is 8.86. The summed E-state index contributed by atoms with van der Waals surface area (Å²) in [5.41, 5.74) is 0. The van der Waals surface area contributed by atoms with Gasteiger partial charge in [-0.25, -0.2) is 0 Å². The van der Waals surface area contributed by atoms with Crippen molar-refractivity contribution < 1.29 is 18.9 Å². The van der Waals surface area contributed by atoms with Crippen LogP contribution in [0, 0.1) is 0 Å². The predicted molar refractivity (Wildman–Crippen MR) is 137 cm³/mol. The zero-order chi connectivity index (χ0) is 23.5. The van der Waals surface area contributed by atoms with Gasteiger partial charge in [0, 0.05) is 13.0 Å². The van der Waals surface area contributed by atoms with Gasteiger partial charge in [0.25, 0.3) is 0 Å². The molecule has 0 atom stereocenters. The third-order valence-electron chi connectivity index (χ3n) is 5.69. The Morgan fingerprint density at radius 1 is 0.469 bits per heavy atom. The maximum Gasteiger partial charge on any atom is 0.321 e. The van der Waals surface area contributed by atoms with Gasteiger partial charge in [0.1, 0.15) is 0 Å². The molecule has 0 aliphatic heterocycles. The fourth-order valence-electron chi connectivity index (χ4n) is 3.67. The van der Waals surface area contributed by atoms with Crippen molar-refractivity contribution in [3.8, 4) is 0 Å². The van der Waals surface area contributed by atoms with Gasteiger partial charge >= 0.3 is 5.95 Å². The third-order valence-corrected chi connectivity index (χ3v) is 5.69. The molecule has 0 aromatic carbocycles. The molecule has 32 heavy (non-hydrogen) atoms. The van der Waals surface area contributed by atoms with Crippen LogP contribution in [0.2, 0.25) is 0 Å². The van der Waals surface area contributed by atoms with E-state index in [1.807, 2.05) is 6.92 Å². The number of unbranched alkanes of at least 4 members (excludes halogenated alkanes) is 14. The van der Waals surface area contributed by atoms with Gasteiger partial charge in [-0.05, 0) is 26.2 Å². The Kier molecular flexibility index (Phi) is 25.6. The average Bonchev–Trinajstić information content (AvgIpc) is 2.80. The number of hydrogen-bond donors (Lipinski definition) is 0. The normalized spacial score (nSPS) is 12.0. The minimum Gasteiger partial charge on any atom is -0.491 e. The van der Waals surface area contributed by atoms with E-state index in [0.29, 0.717) is 19.2 Å². The van der Waals surface area contributed by atoms with Gasteiger partial charge in [-0.2, -0.15) is 0 Å². The Hall–Kier alpha value is -0.900. The predicted octanol–water partition coefficient (Wildman–Crippen LogP) is 9.28. The van der Waals surface area contributed by atoms with Gasteiger partial charge in [0.05, 0.1) is 13.2 Å². The molecule has 0 amide bonds. The van der Waals surface area contributed by atoms with Crippen molar-refractivity contribution in [2.24, 2.45) is 0 Å². The van der Waals surface area contributed by atoms with E-state index in [-0.39, 0.29) is 6.79 Å². The molecule has 0 rings (SSSR count). The smallest absolute Gasteiger partial charge is 0.321 e. The van der Waals surface area contributed by atoms with Gasteiger partial charge in [-0.15, -0.1) is 0 Å². The molecule has 0 aromatic heterocycles. The lowest BCUT2D eigenvalue weighted by atomic mass is 10.1. The molecule has 0 saturated heterocycles. The Morgan fingerprint density at radius 3 is 1.41 bits per heavy atom. The van der Waals surface area contributed by atoms with E-state index in [0.717, 1.165) is 38.0 Å². The van der Waals surface area contributed by atoms with Gasteiger partial charge in [0.2, 0.25) is 0 Å². The Balaban J connectivity index is 4.28.